The molecule has 0 unspecified atom stereocenters. The van der Waals surface area contributed by atoms with E-state index < -0.39 is 0 Å². The molecule has 0 atom stereocenters. The Morgan fingerprint density at radius 1 is 1.10 bits per heavy atom. The molecule has 0 bridgehead atoms. The van der Waals surface area contributed by atoms with Crippen LogP contribution in [0.2, 0.25) is 0 Å². The summed E-state index contributed by atoms with van der Waals surface area (Å²) in [5, 5.41) is 10.6. The number of pyridine rings is 1. The minimum atomic E-state index is -0.100. The first-order valence-electron chi connectivity index (χ1n) is 7.46. The van der Waals surface area contributed by atoms with Gasteiger partial charge < -0.3 is 5.32 Å². The predicted octanol–water partition coefficient (Wildman–Crippen LogP) is 2.11. The van der Waals surface area contributed by atoms with Crippen LogP contribution in [0.4, 0.5) is 0 Å². The minimum Gasteiger partial charge on any atom is -0.348 e. The van der Waals surface area contributed by atoms with Crippen LogP contribution in [-0.2, 0) is 0 Å². The van der Waals surface area contributed by atoms with Crippen LogP contribution in [0.5, 0.6) is 0 Å². The second-order valence-electron chi connectivity index (χ2n) is 5.41. The summed E-state index contributed by atoms with van der Waals surface area (Å²) in [6.07, 6.45) is 10.2. The fourth-order valence-electron chi connectivity index (χ4n) is 2.70. The van der Waals surface area contributed by atoms with Crippen LogP contribution >= 0.6 is 0 Å². The van der Waals surface area contributed by atoms with Crippen LogP contribution in [0, 0.1) is 0 Å². The molecule has 1 saturated carbocycles. The molecule has 1 amide bonds. The Kier molecular flexibility index (Phi) is 4.23. The number of aromatic nitrogens is 4. The quantitative estimate of drug-likeness (QED) is 0.877. The highest BCUT2D eigenvalue weighted by Gasteiger charge is 2.16. The van der Waals surface area contributed by atoms with Gasteiger partial charge in [-0.3, -0.25) is 9.36 Å². The molecule has 0 saturated heterocycles. The zero-order valence-electron chi connectivity index (χ0n) is 11.9. The molecular weight excluding hydrogens is 266 g/mol. The average Bonchev–Trinajstić information content (AvgIpc) is 2.93. The molecule has 21 heavy (non-hydrogen) atoms. The normalized spacial score (nSPS) is 16.4. The van der Waals surface area contributed by atoms with E-state index in [9.17, 15) is 4.79 Å². The predicted molar refractivity (Wildman–Crippen MR) is 78.1 cm³/mol. The summed E-state index contributed by atoms with van der Waals surface area (Å²) in [4.78, 5) is 16.7. The molecule has 2 aromatic rings. The second kappa shape index (κ2) is 6.47. The third-order valence-corrected chi connectivity index (χ3v) is 3.84. The molecule has 2 aromatic heterocycles. The molecule has 1 aliphatic rings. The molecule has 6 heteroatoms. The standard InChI is InChI=1S/C15H19N5O/c21-15(18-12-6-3-1-2-4-7-12)13-8-5-9-14(19-13)20-10-16-17-11-20/h5,8-12H,1-4,6-7H2,(H,18,21). The molecule has 0 aromatic carbocycles. The van der Waals surface area contributed by atoms with Crippen LogP contribution in [-0.4, -0.2) is 31.7 Å². The summed E-state index contributed by atoms with van der Waals surface area (Å²) in [7, 11) is 0. The van der Waals surface area contributed by atoms with Gasteiger partial charge in [0.25, 0.3) is 5.91 Å². The van der Waals surface area contributed by atoms with Crippen LogP contribution in [0.25, 0.3) is 5.82 Å². The van der Waals surface area contributed by atoms with Crippen molar-refractivity contribution in [1.29, 1.82) is 0 Å². The topological polar surface area (TPSA) is 72.7 Å². The molecule has 6 nitrogen and oxygen atoms in total. The molecule has 1 aliphatic carbocycles. The third-order valence-electron chi connectivity index (χ3n) is 3.84. The van der Waals surface area contributed by atoms with E-state index in [0.29, 0.717) is 11.5 Å². The van der Waals surface area contributed by atoms with Crippen LogP contribution in [0.3, 0.4) is 0 Å². The molecule has 1 N–H and O–H groups in total. The van der Waals surface area contributed by atoms with Crippen molar-refractivity contribution in [2.45, 2.75) is 44.6 Å². The molecule has 2 heterocycles. The van der Waals surface area contributed by atoms with Crippen molar-refractivity contribution in [1.82, 2.24) is 25.1 Å². The van der Waals surface area contributed by atoms with Crippen molar-refractivity contribution in [3.63, 3.8) is 0 Å². The number of nitrogens with one attached hydrogen (secondary N) is 1. The second-order valence-corrected chi connectivity index (χ2v) is 5.41. The van der Waals surface area contributed by atoms with E-state index in [1.807, 2.05) is 12.1 Å². The highest BCUT2D eigenvalue weighted by atomic mass is 16.1. The number of carbonyl (C=O) groups excluding carboxylic acids is 1. The van der Waals surface area contributed by atoms with E-state index in [1.54, 1.807) is 23.3 Å². The first kappa shape index (κ1) is 13.7. The Morgan fingerprint density at radius 2 is 1.81 bits per heavy atom. The number of nitrogens with zero attached hydrogens (tertiary/aromatic N) is 4. The zero-order chi connectivity index (χ0) is 14.5. The van der Waals surface area contributed by atoms with E-state index in [-0.39, 0.29) is 11.9 Å². The van der Waals surface area contributed by atoms with Crippen LogP contribution < -0.4 is 5.32 Å². The third kappa shape index (κ3) is 3.45. The number of amides is 1. The number of carbonyl (C=O) groups is 1. The summed E-state index contributed by atoms with van der Waals surface area (Å²) >= 11 is 0. The monoisotopic (exact) mass is 285 g/mol. The van der Waals surface area contributed by atoms with Gasteiger partial charge in [-0.1, -0.05) is 31.7 Å². The first-order chi connectivity index (χ1) is 10.3. The van der Waals surface area contributed by atoms with E-state index in [0.717, 1.165) is 12.8 Å². The van der Waals surface area contributed by atoms with Crippen molar-refractivity contribution >= 4 is 5.91 Å². The summed E-state index contributed by atoms with van der Waals surface area (Å²) in [5.74, 6) is 0.547. The Hall–Kier alpha value is -2.24. The van der Waals surface area contributed by atoms with Crippen LogP contribution in [0.1, 0.15) is 49.0 Å². The molecule has 0 spiro atoms. The molecule has 1 fully saturated rings. The van der Waals surface area contributed by atoms with E-state index in [1.165, 1.54) is 25.7 Å². The van der Waals surface area contributed by atoms with Gasteiger partial charge in [-0.15, -0.1) is 10.2 Å². The number of hydrogen-bond acceptors (Lipinski definition) is 4. The lowest BCUT2D eigenvalue weighted by Crippen LogP contribution is -2.35. The van der Waals surface area contributed by atoms with Crippen molar-refractivity contribution < 1.29 is 4.79 Å². The lowest BCUT2D eigenvalue weighted by Gasteiger charge is -2.16. The number of rotatable bonds is 3. The van der Waals surface area contributed by atoms with Crippen molar-refractivity contribution in [2.24, 2.45) is 0 Å². The van der Waals surface area contributed by atoms with E-state index in [4.69, 9.17) is 0 Å². The minimum absolute atomic E-state index is 0.100. The van der Waals surface area contributed by atoms with Gasteiger partial charge in [0.05, 0.1) is 0 Å². The Bertz CT molecular complexity index is 588. The molecule has 0 radical (unpaired) electrons. The van der Waals surface area contributed by atoms with Crippen molar-refractivity contribution in [3.8, 4) is 5.82 Å². The van der Waals surface area contributed by atoms with Gasteiger partial charge in [0.1, 0.15) is 24.2 Å². The van der Waals surface area contributed by atoms with Gasteiger partial charge in [-0.25, -0.2) is 4.98 Å². The van der Waals surface area contributed by atoms with Gasteiger partial charge >= 0.3 is 0 Å². The first-order valence-corrected chi connectivity index (χ1v) is 7.46. The SMILES string of the molecule is O=C(NC1CCCCCC1)c1cccc(-n2cnnc2)n1. The average molecular weight is 285 g/mol. The van der Waals surface area contributed by atoms with Crippen molar-refractivity contribution in [3.05, 3.63) is 36.5 Å². The molecule has 0 aliphatic heterocycles. The smallest absolute Gasteiger partial charge is 0.270 e. The lowest BCUT2D eigenvalue weighted by molar-refractivity contribution is 0.0928. The van der Waals surface area contributed by atoms with Gasteiger partial charge in [0.2, 0.25) is 0 Å². The fourth-order valence-corrected chi connectivity index (χ4v) is 2.70. The van der Waals surface area contributed by atoms with Gasteiger partial charge in [-0.2, -0.15) is 0 Å². The van der Waals surface area contributed by atoms with Crippen LogP contribution in [0.15, 0.2) is 30.9 Å². The van der Waals surface area contributed by atoms with Gasteiger partial charge in [-0.05, 0) is 25.0 Å². The fraction of sp³-hybridized carbons (Fsp3) is 0.467. The largest absolute Gasteiger partial charge is 0.348 e. The van der Waals surface area contributed by atoms with Gasteiger partial charge in [0.15, 0.2) is 0 Å². The van der Waals surface area contributed by atoms with Crippen molar-refractivity contribution in [2.75, 3.05) is 0 Å². The van der Waals surface area contributed by atoms with E-state index >= 15 is 0 Å². The molecular formula is C15H19N5O. The Balaban J connectivity index is 1.71. The maximum absolute atomic E-state index is 12.3. The lowest BCUT2D eigenvalue weighted by atomic mass is 10.1. The number of hydrogen-bond donors (Lipinski definition) is 1. The highest BCUT2D eigenvalue weighted by molar-refractivity contribution is 5.92. The highest BCUT2D eigenvalue weighted by Crippen LogP contribution is 2.17. The van der Waals surface area contributed by atoms with Gasteiger partial charge in [0, 0.05) is 6.04 Å². The summed E-state index contributed by atoms with van der Waals surface area (Å²) in [6, 6.07) is 5.66. The summed E-state index contributed by atoms with van der Waals surface area (Å²) in [6.45, 7) is 0. The molecule has 3 rings (SSSR count). The maximum Gasteiger partial charge on any atom is 0.270 e. The Morgan fingerprint density at radius 3 is 2.52 bits per heavy atom. The molecule has 110 valence electrons. The summed E-state index contributed by atoms with van der Waals surface area (Å²) < 4.78 is 1.68. The summed E-state index contributed by atoms with van der Waals surface area (Å²) in [5.41, 5.74) is 0.436. The maximum atomic E-state index is 12.3. The van der Waals surface area contributed by atoms with E-state index in [2.05, 4.69) is 20.5 Å². The Labute approximate surface area is 123 Å². The zero-order valence-corrected chi connectivity index (χ0v) is 11.9.